The molecule has 0 atom stereocenters. The van der Waals surface area contributed by atoms with E-state index in [0.717, 1.165) is 5.69 Å². The van der Waals surface area contributed by atoms with Crippen LogP contribution in [0.4, 0.5) is 11.4 Å². The average Bonchev–Trinajstić information content (AvgIpc) is 2.53. The van der Waals surface area contributed by atoms with Gasteiger partial charge in [0.15, 0.2) is 0 Å². The standard InChI is InChI=1S/C16H10ClN3O2/c17-11-4-6-12(7-5-11)19-10-15-13-2-1-3-16(20(21)22)14(13)8-9-18-15/h1-10H. The maximum Gasteiger partial charge on any atom is 0.277 e. The fourth-order valence-electron chi connectivity index (χ4n) is 2.14. The van der Waals surface area contributed by atoms with Gasteiger partial charge in [-0.2, -0.15) is 0 Å². The molecule has 0 fully saturated rings. The molecule has 5 nitrogen and oxygen atoms in total. The van der Waals surface area contributed by atoms with Crippen LogP contribution in [-0.2, 0) is 0 Å². The van der Waals surface area contributed by atoms with Crippen molar-refractivity contribution in [1.29, 1.82) is 0 Å². The van der Waals surface area contributed by atoms with Crippen molar-refractivity contribution in [1.82, 2.24) is 4.98 Å². The number of non-ortho nitro benzene ring substituents is 1. The molecule has 0 N–H and O–H groups in total. The van der Waals surface area contributed by atoms with E-state index >= 15 is 0 Å². The summed E-state index contributed by atoms with van der Waals surface area (Å²) in [7, 11) is 0. The third kappa shape index (κ3) is 2.80. The SMILES string of the molecule is O=[N+]([O-])c1cccc2c(C=Nc3ccc(Cl)cc3)nccc12. The maximum absolute atomic E-state index is 11.1. The van der Waals surface area contributed by atoms with Gasteiger partial charge in [0.1, 0.15) is 0 Å². The van der Waals surface area contributed by atoms with Crippen LogP contribution in [0.3, 0.4) is 0 Å². The number of aliphatic imine (C=N–C) groups is 1. The van der Waals surface area contributed by atoms with Crippen molar-refractivity contribution in [3.8, 4) is 0 Å². The van der Waals surface area contributed by atoms with Gasteiger partial charge >= 0.3 is 0 Å². The number of halogens is 1. The first kappa shape index (κ1) is 14.2. The first-order valence-corrected chi connectivity index (χ1v) is 6.85. The molecular weight excluding hydrogens is 302 g/mol. The van der Waals surface area contributed by atoms with Crippen LogP contribution in [0.2, 0.25) is 5.02 Å². The number of nitro benzene ring substituents is 1. The van der Waals surface area contributed by atoms with Crippen molar-refractivity contribution in [2.75, 3.05) is 0 Å². The number of nitrogens with zero attached hydrogens (tertiary/aromatic N) is 3. The van der Waals surface area contributed by atoms with E-state index in [2.05, 4.69) is 9.98 Å². The third-order valence-electron chi connectivity index (χ3n) is 3.17. The number of nitro groups is 1. The number of hydrogen-bond acceptors (Lipinski definition) is 4. The van der Waals surface area contributed by atoms with E-state index in [0.29, 0.717) is 21.5 Å². The summed E-state index contributed by atoms with van der Waals surface area (Å²) in [6.45, 7) is 0. The molecule has 22 heavy (non-hydrogen) atoms. The van der Waals surface area contributed by atoms with Gasteiger partial charge in [-0.25, -0.2) is 0 Å². The highest BCUT2D eigenvalue weighted by molar-refractivity contribution is 6.30. The molecule has 0 aliphatic heterocycles. The van der Waals surface area contributed by atoms with Gasteiger partial charge in [-0.15, -0.1) is 0 Å². The summed E-state index contributed by atoms with van der Waals surface area (Å²) in [4.78, 5) is 19.2. The molecule has 0 bridgehead atoms. The molecular formula is C16H10ClN3O2. The minimum absolute atomic E-state index is 0.0565. The molecule has 0 saturated heterocycles. The maximum atomic E-state index is 11.1. The van der Waals surface area contributed by atoms with Crippen LogP contribution in [0.1, 0.15) is 5.69 Å². The fourth-order valence-corrected chi connectivity index (χ4v) is 2.26. The highest BCUT2D eigenvalue weighted by atomic mass is 35.5. The monoisotopic (exact) mass is 311 g/mol. The number of benzene rings is 2. The molecule has 0 saturated carbocycles. The molecule has 1 aromatic heterocycles. The Morgan fingerprint density at radius 1 is 1.09 bits per heavy atom. The lowest BCUT2D eigenvalue weighted by atomic mass is 10.1. The lowest BCUT2D eigenvalue weighted by Crippen LogP contribution is -1.93. The Labute approximate surface area is 131 Å². The molecule has 3 aromatic rings. The summed E-state index contributed by atoms with van der Waals surface area (Å²) in [5, 5.41) is 12.9. The lowest BCUT2D eigenvalue weighted by molar-refractivity contribution is -0.383. The molecule has 3 rings (SSSR count). The predicted octanol–water partition coefficient (Wildman–Crippen LogP) is 4.55. The van der Waals surface area contributed by atoms with E-state index in [1.807, 2.05) is 0 Å². The zero-order chi connectivity index (χ0) is 15.5. The van der Waals surface area contributed by atoms with Crippen LogP contribution in [0.15, 0.2) is 59.7 Å². The van der Waals surface area contributed by atoms with Crippen LogP contribution in [0, 0.1) is 10.1 Å². The fraction of sp³-hybridized carbons (Fsp3) is 0. The Kier molecular flexibility index (Phi) is 3.80. The minimum Gasteiger partial charge on any atom is -0.258 e. The van der Waals surface area contributed by atoms with Crippen LogP contribution < -0.4 is 0 Å². The lowest BCUT2D eigenvalue weighted by Gasteiger charge is -2.02. The van der Waals surface area contributed by atoms with Crippen molar-refractivity contribution in [2.45, 2.75) is 0 Å². The quantitative estimate of drug-likeness (QED) is 0.405. The zero-order valence-corrected chi connectivity index (χ0v) is 12.1. The average molecular weight is 312 g/mol. The summed E-state index contributed by atoms with van der Waals surface area (Å²) in [6.07, 6.45) is 3.13. The van der Waals surface area contributed by atoms with Gasteiger partial charge in [-0.3, -0.25) is 20.1 Å². The second-order valence-corrected chi connectivity index (χ2v) is 5.00. The van der Waals surface area contributed by atoms with E-state index in [1.165, 1.54) is 6.07 Å². The first-order valence-electron chi connectivity index (χ1n) is 6.47. The summed E-state index contributed by atoms with van der Waals surface area (Å²) < 4.78 is 0. The second-order valence-electron chi connectivity index (χ2n) is 4.56. The van der Waals surface area contributed by atoms with Gasteiger partial charge in [0.2, 0.25) is 0 Å². The molecule has 0 aliphatic carbocycles. The largest absolute Gasteiger partial charge is 0.277 e. The first-order chi connectivity index (χ1) is 10.6. The van der Waals surface area contributed by atoms with E-state index < -0.39 is 4.92 Å². The van der Waals surface area contributed by atoms with Crippen molar-refractivity contribution in [2.24, 2.45) is 4.99 Å². The summed E-state index contributed by atoms with van der Waals surface area (Å²) in [5.41, 5.74) is 1.37. The van der Waals surface area contributed by atoms with Crippen LogP contribution in [-0.4, -0.2) is 16.1 Å². The zero-order valence-electron chi connectivity index (χ0n) is 11.3. The van der Waals surface area contributed by atoms with Gasteiger partial charge in [0.25, 0.3) is 5.69 Å². The molecule has 2 aromatic carbocycles. The van der Waals surface area contributed by atoms with E-state index in [9.17, 15) is 10.1 Å². The molecule has 0 aliphatic rings. The Hall–Kier alpha value is -2.79. The number of aromatic nitrogens is 1. The summed E-state index contributed by atoms with van der Waals surface area (Å²) >= 11 is 5.83. The summed E-state index contributed by atoms with van der Waals surface area (Å²) in [5.74, 6) is 0. The molecule has 0 radical (unpaired) electrons. The normalized spacial score (nSPS) is 11.1. The number of fused-ring (bicyclic) bond motifs is 1. The third-order valence-corrected chi connectivity index (χ3v) is 3.43. The Balaban J connectivity index is 2.06. The van der Waals surface area contributed by atoms with Crippen LogP contribution in [0.5, 0.6) is 0 Å². The Morgan fingerprint density at radius 2 is 1.86 bits per heavy atom. The topological polar surface area (TPSA) is 68.4 Å². The minimum atomic E-state index is -0.400. The Bertz CT molecular complexity index is 876. The van der Waals surface area contributed by atoms with E-state index in [1.54, 1.807) is 54.9 Å². The van der Waals surface area contributed by atoms with Gasteiger partial charge in [0.05, 0.1) is 27.9 Å². The highest BCUT2D eigenvalue weighted by Gasteiger charge is 2.12. The molecule has 0 spiro atoms. The smallest absolute Gasteiger partial charge is 0.258 e. The molecule has 1 heterocycles. The molecule has 6 heteroatoms. The highest BCUT2D eigenvalue weighted by Crippen LogP contribution is 2.26. The number of rotatable bonds is 3. The van der Waals surface area contributed by atoms with Crippen molar-refractivity contribution >= 4 is 40.0 Å². The Morgan fingerprint density at radius 3 is 2.59 bits per heavy atom. The molecule has 0 amide bonds. The molecule has 108 valence electrons. The van der Waals surface area contributed by atoms with Gasteiger partial charge < -0.3 is 0 Å². The van der Waals surface area contributed by atoms with Gasteiger partial charge in [-0.05, 0) is 30.3 Å². The number of hydrogen-bond donors (Lipinski definition) is 0. The van der Waals surface area contributed by atoms with Crippen molar-refractivity contribution < 1.29 is 4.92 Å². The second kappa shape index (κ2) is 5.91. The van der Waals surface area contributed by atoms with Gasteiger partial charge in [0, 0.05) is 22.7 Å². The van der Waals surface area contributed by atoms with Crippen LogP contribution in [0.25, 0.3) is 10.8 Å². The van der Waals surface area contributed by atoms with E-state index in [-0.39, 0.29) is 5.69 Å². The summed E-state index contributed by atoms with van der Waals surface area (Å²) in [6, 6.07) is 13.6. The van der Waals surface area contributed by atoms with Crippen molar-refractivity contribution in [3.05, 3.63) is 75.6 Å². The van der Waals surface area contributed by atoms with Gasteiger partial charge in [-0.1, -0.05) is 23.7 Å². The number of pyridine rings is 1. The van der Waals surface area contributed by atoms with Crippen LogP contribution >= 0.6 is 11.6 Å². The van der Waals surface area contributed by atoms with E-state index in [4.69, 9.17) is 11.6 Å². The molecule has 0 unspecified atom stereocenters. The predicted molar refractivity (Wildman–Crippen MR) is 87.1 cm³/mol. The van der Waals surface area contributed by atoms with Crippen molar-refractivity contribution in [3.63, 3.8) is 0 Å².